The average Bonchev–Trinajstić information content (AvgIpc) is 2.49. The molecule has 0 aliphatic rings. The highest BCUT2D eigenvalue weighted by atomic mass is 35.5. The number of nitrogens with one attached hydrogen (secondary N) is 1. The Bertz CT molecular complexity index is 659. The van der Waals surface area contributed by atoms with Gasteiger partial charge in [-0.05, 0) is 30.3 Å². The van der Waals surface area contributed by atoms with Crippen molar-refractivity contribution in [2.75, 3.05) is 11.9 Å². The third kappa shape index (κ3) is 4.48. The molecular formula is C15H11Cl2NO3. The number of anilines is 1. The summed E-state index contributed by atoms with van der Waals surface area (Å²) in [4.78, 5) is 23.4. The van der Waals surface area contributed by atoms with E-state index in [1.165, 1.54) is 6.07 Å². The van der Waals surface area contributed by atoms with Crippen LogP contribution in [0, 0.1) is 0 Å². The van der Waals surface area contributed by atoms with Crippen LogP contribution in [0.1, 0.15) is 10.4 Å². The molecule has 0 fully saturated rings. The van der Waals surface area contributed by atoms with Gasteiger partial charge in [-0.3, -0.25) is 4.79 Å². The molecule has 0 spiro atoms. The van der Waals surface area contributed by atoms with Gasteiger partial charge in [0.05, 0.1) is 16.3 Å². The molecule has 0 atom stereocenters. The maximum atomic E-state index is 11.7. The highest BCUT2D eigenvalue weighted by Crippen LogP contribution is 2.25. The van der Waals surface area contributed by atoms with Gasteiger partial charge in [-0.1, -0.05) is 41.4 Å². The van der Waals surface area contributed by atoms with E-state index in [-0.39, 0.29) is 0 Å². The number of ether oxygens (including phenoxy) is 1. The summed E-state index contributed by atoms with van der Waals surface area (Å²) < 4.78 is 4.91. The van der Waals surface area contributed by atoms with Crippen LogP contribution >= 0.6 is 23.2 Å². The van der Waals surface area contributed by atoms with Crippen LogP contribution in [0.15, 0.2) is 48.5 Å². The van der Waals surface area contributed by atoms with Crippen molar-refractivity contribution in [2.24, 2.45) is 0 Å². The Kier molecular flexibility index (Phi) is 5.20. The first-order valence-corrected chi connectivity index (χ1v) is 6.79. The molecule has 6 heteroatoms. The Morgan fingerprint density at radius 1 is 1.05 bits per heavy atom. The molecule has 0 aliphatic carbocycles. The first kappa shape index (κ1) is 15.4. The Morgan fingerprint density at radius 2 is 1.76 bits per heavy atom. The van der Waals surface area contributed by atoms with Gasteiger partial charge in [0, 0.05) is 5.02 Å². The van der Waals surface area contributed by atoms with Crippen LogP contribution in [-0.4, -0.2) is 18.5 Å². The van der Waals surface area contributed by atoms with Gasteiger partial charge < -0.3 is 10.1 Å². The molecule has 2 aromatic rings. The van der Waals surface area contributed by atoms with E-state index >= 15 is 0 Å². The molecule has 1 amide bonds. The summed E-state index contributed by atoms with van der Waals surface area (Å²) >= 11 is 11.7. The first-order valence-electron chi connectivity index (χ1n) is 6.03. The van der Waals surface area contributed by atoms with E-state index in [1.54, 1.807) is 42.5 Å². The lowest BCUT2D eigenvalue weighted by Crippen LogP contribution is -2.21. The zero-order valence-electron chi connectivity index (χ0n) is 10.8. The van der Waals surface area contributed by atoms with Gasteiger partial charge in [-0.2, -0.15) is 0 Å². The van der Waals surface area contributed by atoms with Crippen LogP contribution < -0.4 is 5.32 Å². The van der Waals surface area contributed by atoms with Crippen LogP contribution in [0.3, 0.4) is 0 Å². The van der Waals surface area contributed by atoms with E-state index < -0.39 is 18.5 Å². The Morgan fingerprint density at radius 3 is 2.48 bits per heavy atom. The predicted octanol–water partition coefficient (Wildman–Crippen LogP) is 3.79. The monoisotopic (exact) mass is 323 g/mol. The summed E-state index contributed by atoms with van der Waals surface area (Å²) in [6, 6.07) is 13.1. The van der Waals surface area contributed by atoms with Crippen LogP contribution in [0.5, 0.6) is 0 Å². The molecule has 2 aromatic carbocycles. The van der Waals surface area contributed by atoms with Crippen molar-refractivity contribution in [1.29, 1.82) is 0 Å². The fourth-order valence-corrected chi connectivity index (χ4v) is 1.91. The molecule has 0 aromatic heterocycles. The maximum absolute atomic E-state index is 11.7. The Balaban J connectivity index is 1.91. The second-order valence-electron chi connectivity index (χ2n) is 4.11. The molecule has 2 rings (SSSR count). The van der Waals surface area contributed by atoms with Crippen molar-refractivity contribution in [1.82, 2.24) is 0 Å². The fourth-order valence-electron chi connectivity index (χ4n) is 1.57. The van der Waals surface area contributed by atoms with E-state index in [2.05, 4.69) is 5.32 Å². The number of benzene rings is 2. The summed E-state index contributed by atoms with van der Waals surface area (Å²) in [5, 5.41) is 3.32. The van der Waals surface area contributed by atoms with E-state index in [1.807, 2.05) is 0 Å². The largest absolute Gasteiger partial charge is 0.452 e. The fraction of sp³-hybridized carbons (Fsp3) is 0.0667. The Labute approximate surface area is 131 Å². The number of carbonyl (C=O) groups excluding carboxylic acids is 2. The van der Waals surface area contributed by atoms with Gasteiger partial charge >= 0.3 is 5.97 Å². The number of carbonyl (C=O) groups is 2. The summed E-state index contributed by atoms with van der Waals surface area (Å²) in [5.74, 6) is -1.06. The number of amides is 1. The minimum absolute atomic E-state index is 0.349. The molecule has 0 aliphatic heterocycles. The number of esters is 1. The lowest BCUT2D eigenvalue weighted by Gasteiger charge is -2.08. The summed E-state index contributed by atoms with van der Waals surface area (Å²) in [6.07, 6.45) is 0. The second-order valence-corrected chi connectivity index (χ2v) is 4.96. The van der Waals surface area contributed by atoms with Crippen LogP contribution in [0.4, 0.5) is 5.69 Å². The van der Waals surface area contributed by atoms with E-state index in [0.29, 0.717) is 21.3 Å². The molecular weight excluding hydrogens is 313 g/mol. The highest BCUT2D eigenvalue weighted by Gasteiger charge is 2.11. The first-order chi connectivity index (χ1) is 10.1. The molecule has 0 heterocycles. The van der Waals surface area contributed by atoms with Gasteiger partial charge in [0.1, 0.15) is 0 Å². The number of hydrogen-bond acceptors (Lipinski definition) is 3. The van der Waals surface area contributed by atoms with Gasteiger partial charge in [0.15, 0.2) is 6.61 Å². The van der Waals surface area contributed by atoms with E-state index in [4.69, 9.17) is 27.9 Å². The predicted molar refractivity (Wildman–Crippen MR) is 81.8 cm³/mol. The SMILES string of the molecule is O=C(COC(=O)c1ccccc1)Nc1cc(Cl)ccc1Cl. The lowest BCUT2D eigenvalue weighted by atomic mass is 10.2. The standard InChI is InChI=1S/C15H11Cl2NO3/c16-11-6-7-12(17)13(8-11)18-14(19)9-21-15(20)10-4-2-1-3-5-10/h1-8H,9H2,(H,18,19). The third-order valence-corrected chi connectivity index (χ3v) is 3.11. The number of halogens is 2. The van der Waals surface area contributed by atoms with Gasteiger partial charge in [0.2, 0.25) is 0 Å². The second kappa shape index (κ2) is 7.11. The lowest BCUT2D eigenvalue weighted by molar-refractivity contribution is -0.119. The molecule has 0 saturated heterocycles. The van der Waals surface area contributed by atoms with Crippen molar-refractivity contribution >= 4 is 40.8 Å². The molecule has 1 N–H and O–H groups in total. The maximum Gasteiger partial charge on any atom is 0.338 e. The van der Waals surface area contributed by atoms with Gasteiger partial charge in [0.25, 0.3) is 5.91 Å². The highest BCUT2D eigenvalue weighted by molar-refractivity contribution is 6.35. The van der Waals surface area contributed by atoms with Crippen molar-refractivity contribution < 1.29 is 14.3 Å². The normalized spacial score (nSPS) is 10.0. The molecule has 0 radical (unpaired) electrons. The average molecular weight is 324 g/mol. The molecule has 0 saturated carbocycles. The number of hydrogen-bond donors (Lipinski definition) is 1. The zero-order chi connectivity index (χ0) is 15.2. The van der Waals surface area contributed by atoms with Crippen LogP contribution in [0.25, 0.3) is 0 Å². The third-order valence-electron chi connectivity index (χ3n) is 2.55. The minimum Gasteiger partial charge on any atom is -0.452 e. The quantitative estimate of drug-likeness (QED) is 0.871. The minimum atomic E-state index is -0.567. The molecule has 4 nitrogen and oxygen atoms in total. The van der Waals surface area contributed by atoms with Gasteiger partial charge in [-0.15, -0.1) is 0 Å². The molecule has 0 bridgehead atoms. The summed E-state index contributed by atoms with van der Waals surface area (Å²) in [5.41, 5.74) is 0.746. The van der Waals surface area contributed by atoms with Crippen LogP contribution in [0.2, 0.25) is 10.0 Å². The number of rotatable bonds is 4. The van der Waals surface area contributed by atoms with Crippen molar-refractivity contribution in [3.63, 3.8) is 0 Å². The van der Waals surface area contributed by atoms with E-state index in [9.17, 15) is 9.59 Å². The molecule has 21 heavy (non-hydrogen) atoms. The van der Waals surface area contributed by atoms with Crippen molar-refractivity contribution in [3.05, 3.63) is 64.1 Å². The van der Waals surface area contributed by atoms with Crippen LogP contribution in [-0.2, 0) is 9.53 Å². The van der Waals surface area contributed by atoms with Crippen molar-refractivity contribution in [3.8, 4) is 0 Å². The topological polar surface area (TPSA) is 55.4 Å². The van der Waals surface area contributed by atoms with Gasteiger partial charge in [-0.25, -0.2) is 4.79 Å². The molecule has 108 valence electrons. The zero-order valence-corrected chi connectivity index (χ0v) is 12.3. The Hall–Kier alpha value is -2.04. The molecule has 0 unspecified atom stereocenters. The van der Waals surface area contributed by atoms with E-state index in [0.717, 1.165) is 0 Å². The smallest absolute Gasteiger partial charge is 0.338 e. The van der Waals surface area contributed by atoms with Crippen molar-refractivity contribution in [2.45, 2.75) is 0 Å². The summed E-state index contributed by atoms with van der Waals surface area (Å²) in [7, 11) is 0. The summed E-state index contributed by atoms with van der Waals surface area (Å²) in [6.45, 7) is -0.406.